The van der Waals surface area contributed by atoms with Gasteiger partial charge in [-0.05, 0) is 78.2 Å². The predicted molar refractivity (Wildman–Crippen MR) is 203 cm³/mol. The number of hydrogen-bond acceptors (Lipinski definition) is 9. The van der Waals surface area contributed by atoms with E-state index < -0.39 is 76.2 Å². The number of nitrogens with zero attached hydrogens (tertiary/aromatic N) is 2. The molecule has 2 aromatic heterocycles. The second-order valence-corrected chi connectivity index (χ2v) is 15.9. The molecule has 0 saturated carbocycles. The van der Waals surface area contributed by atoms with Gasteiger partial charge in [-0.15, -0.1) is 0 Å². The van der Waals surface area contributed by atoms with Gasteiger partial charge >= 0.3 is 26.0 Å². The number of rotatable bonds is 12. The Kier molecular flexibility index (Phi) is 11.4. The molecular formula is C35H29F4N7O7S3. The van der Waals surface area contributed by atoms with Crippen LogP contribution in [0.15, 0.2) is 82.4 Å². The molecule has 5 N–H and O–H groups in total. The number of nitrogens with one attached hydrogen (secondary N) is 5. The van der Waals surface area contributed by atoms with Crippen LogP contribution in [0.25, 0.3) is 20.4 Å². The number of benzene rings is 4. The molecule has 0 aliphatic heterocycles. The molecule has 0 fully saturated rings. The van der Waals surface area contributed by atoms with Crippen molar-refractivity contribution in [1.29, 1.82) is 0 Å². The molecule has 4 aromatic carbocycles. The van der Waals surface area contributed by atoms with Crippen molar-refractivity contribution < 1.29 is 40.4 Å². The Morgan fingerprint density at radius 1 is 0.661 bits per heavy atom. The standard InChI is InChI=1S/C35H29F4N7O7S3/c1-45(23-3-5-29-25(15-23)41-34(50)54-29)31(47)27(11-17-7-19(36)13-20(37)8-17)40-33(49)44-56(52,53)43-28(12-18-9-21(38)14-22(39)10-18)32(48)46(2)24-4-6-30-26(16-24)42-35(51)55-30/h3-10,13-16,27-28,43H,11-12H2,1-2H3,(H,41,50)(H,42,51)(H2,40,44,49)/t27-,28-/m0/s1. The molecule has 292 valence electrons. The van der Waals surface area contributed by atoms with Crippen molar-refractivity contribution in [3.05, 3.63) is 127 Å². The maximum atomic E-state index is 14.1. The fourth-order valence-electron chi connectivity index (χ4n) is 5.85. The van der Waals surface area contributed by atoms with Gasteiger partial charge in [0.25, 0.3) is 0 Å². The third kappa shape index (κ3) is 9.48. The Hall–Kier alpha value is -5.90. The first-order valence-electron chi connectivity index (χ1n) is 16.2. The van der Waals surface area contributed by atoms with E-state index in [9.17, 15) is 50.0 Å². The van der Waals surface area contributed by atoms with Crippen LogP contribution in [0, 0.1) is 23.3 Å². The summed E-state index contributed by atoms with van der Waals surface area (Å²) in [5.41, 5.74) is 1.04. The fourth-order valence-corrected chi connectivity index (χ4v) is 8.21. The number of anilines is 2. The van der Waals surface area contributed by atoms with E-state index in [-0.39, 0.29) is 32.2 Å². The van der Waals surface area contributed by atoms with Crippen LogP contribution >= 0.6 is 22.7 Å². The van der Waals surface area contributed by atoms with Crippen LogP contribution in [-0.4, -0.2) is 62.4 Å². The van der Waals surface area contributed by atoms with E-state index in [0.29, 0.717) is 32.6 Å². The van der Waals surface area contributed by atoms with Gasteiger partial charge in [-0.25, -0.2) is 27.1 Å². The average molecular weight is 832 g/mol. The molecular weight excluding hydrogens is 803 g/mol. The SMILES string of the molecule is CN(C(=O)[C@H](Cc1cc(F)cc(F)c1)NC(=O)NS(=O)(=O)N[C@@H](Cc1cc(F)cc(F)c1)C(=O)N(C)c1ccc2sc(=O)[nH]c2c1)c1ccc2sc(=O)[nH]c2c1. The Labute approximate surface area is 322 Å². The molecule has 4 amide bonds. The maximum Gasteiger partial charge on any atom is 0.330 e. The van der Waals surface area contributed by atoms with Crippen LogP contribution in [0.5, 0.6) is 0 Å². The normalized spacial score (nSPS) is 12.7. The minimum atomic E-state index is -5.03. The summed E-state index contributed by atoms with van der Waals surface area (Å²) in [6.45, 7) is 0. The lowest BCUT2D eigenvalue weighted by atomic mass is 10.0. The Morgan fingerprint density at radius 2 is 1.07 bits per heavy atom. The van der Waals surface area contributed by atoms with E-state index in [1.165, 1.54) is 38.4 Å². The van der Waals surface area contributed by atoms with Crippen molar-refractivity contribution in [3.8, 4) is 0 Å². The Balaban J connectivity index is 1.25. The van der Waals surface area contributed by atoms with Crippen molar-refractivity contribution in [2.45, 2.75) is 24.9 Å². The van der Waals surface area contributed by atoms with Gasteiger partial charge in [-0.2, -0.15) is 13.1 Å². The lowest BCUT2D eigenvalue weighted by Crippen LogP contribution is -2.57. The van der Waals surface area contributed by atoms with Gasteiger partial charge in [0.2, 0.25) is 11.8 Å². The molecule has 14 nitrogen and oxygen atoms in total. The van der Waals surface area contributed by atoms with E-state index >= 15 is 0 Å². The number of urea groups is 1. The Morgan fingerprint density at radius 3 is 1.52 bits per heavy atom. The van der Waals surface area contributed by atoms with Gasteiger partial charge < -0.3 is 25.1 Å². The molecule has 0 aliphatic rings. The largest absolute Gasteiger partial charge is 0.330 e. The highest BCUT2D eigenvalue weighted by Gasteiger charge is 2.32. The van der Waals surface area contributed by atoms with Crippen molar-refractivity contribution in [2.75, 3.05) is 23.9 Å². The topological polar surface area (TPSA) is 194 Å². The molecule has 6 rings (SSSR count). The number of hydrogen-bond donors (Lipinski definition) is 5. The third-order valence-electron chi connectivity index (χ3n) is 8.39. The highest BCUT2D eigenvalue weighted by Crippen LogP contribution is 2.24. The lowest BCUT2D eigenvalue weighted by Gasteiger charge is -2.26. The van der Waals surface area contributed by atoms with Crippen LogP contribution in [0.4, 0.5) is 33.7 Å². The van der Waals surface area contributed by atoms with Gasteiger partial charge in [0.05, 0.1) is 20.4 Å². The van der Waals surface area contributed by atoms with Crippen LogP contribution in [0.3, 0.4) is 0 Å². The molecule has 0 bridgehead atoms. The zero-order valence-electron chi connectivity index (χ0n) is 29.0. The average Bonchev–Trinajstić information content (AvgIpc) is 3.67. The number of thiazole rings is 2. The van der Waals surface area contributed by atoms with E-state index in [1.54, 1.807) is 16.9 Å². The summed E-state index contributed by atoms with van der Waals surface area (Å²) in [6.07, 6.45) is -1.12. The monoisotopic (exact) mass is 831 g/mol. The zero-order chi connectivity index (χ0) is 40.5. The van der Waals surface area contributed by atoms with Gasteiger partial charge in [0, 0.05) is 44.0 Å². The minimum Gasteiger partial charge on any atom is -0.325 e. The number of aromatic nitrogens is 2. The van der Waals surface area contributed by atoms with Crippen molar-refractivity contribution in [1.82, 2.24) is 24.7 Å². The number of H-pyrrole nitrogens is 2. The lowest BCUT2D eigenvalue weighted by molar-refractivity contribution is -0.120. The van der Waals surface area contributed by atoms with Crippen molar-refractivity contribution in [2.24, 2.45) is 0 Å². The third-order valence-corrected chi connectivity index (χ3v) is 11.2. The smallest absolute Gasteiger partial charge is 0.325 e. The van der Waals surface area contributed by atoms with Crippen LogP contribution in [0.1, 0.15) is 11.1 Å². The first-order valence-corrected chi connectivity index (χ1v) is 19.4. The quantitative estimate of drug-likeness (QED) is 0.115. The predicted octanol–water partition coefficient (Wildman–Crippen LogP) is 4.03. The van der Waals surface area contributed by atoms with Crippen LogP contribution in [-0.2, 0) is 32.6 Å². The molecule has 0 saturated heterocycles. The second-order valence-electron chi connectivity index (χ2n) is 12.5. The van der Waals surface area contributed by atoms with Crippen molar-refractivity contribution >= 4 is 82.5 Å². The second kappa shape index (κ2) is 16.1. The fraction of sp³-hybridized carbons (Fsp3) is 0.171. The number of likely N-dealkylation sites (N-methyl/N-ethyl adjacent to an activating group) is 2. The summed E-state index contributed by atoms with van der Waals surface area (Å²) in [7, 11) is -2.43. The minimum absolute atomic E-state index is 0.0751. The molecule has 0 unspecified atom stereocenters. The summed E-state index contributed by atoms with van der Waals surface area (Å²) in [4.78, 5) is 71.2. The molecule has 21 heteroatoms. The summed E-state index contributed by atoms with van der Waals surface area (Å²) >= 11 is 1.85. The van der Waals surface area contributed by atoms with Gasteiger partial charge in [0.1, 0.15) is 35.4 Å². The van der Waals surface area contributed by atoms with E-state index in [0.717, 1.165) is 56.7 Å². The number of carbonyl (C=O) groups excluding carboxylic acids is 3. The summed E-state index contributed by atoms with van der Waals surface area (Å²) < 4.78 is 88.2. The van der Waals surface area contributed by atoms with E-state index in [4.69, 9.17) is 0 Å². The first kappa shape index (κ1) is 39.8. The summed E-state index contributed by atoms with van der Waals surface area (Å²) in [5.74, 6) is -5.78. The number of amides is 4. The van der Waals surface area contributed by atoms with E-state index in [1.807, 2.05) is 4.72 Å². The molecule has 2 atom stereocenters. The number of halogens is 4. The molecule has 0 aliphatic carbocycles. The molecule has 6 aromatic rings. The van der Waals surface area contributed by atoms with E-state index in [2.05, 4.69) is 15.3 Å². The maximum absolute atomic E-state index is 14.1. The van der Waals surface area contributed by atoms with Crippen LogP contribution < -0.4 is 34.3 Å². The van der Waals surface area contributed by atoms with Crippen LogP contribution in [0.2, 0.25) is 0 Å². The van der Waals surface area contributed by atoms with Crippen molar-refractivity contribution in [3.63, 3.8) is 0 Å². The molecule has 2 heterocycles. The number of fused-ring (bicyclic) bond motifs is 2. The molecule has 56 heavy (non-hydrogen) atoms. The highest BCUT2D eigenvalue weighted by atomic mass is 32.2. The summed E-state index contributed by atoms with van der Waals surface area (Å²) in [6, 6.07) is 8.89. The van der Waals surface area contributed by atoms with Gasteiger partial charge in [-0.1, -0.05) is 22.7 Å². The number of aromatic amines is 2. The molecule has 0 spiro atoms. The van der Waals surface area contributed by atoms with Gasteiger partial charge in [-0.3, -0.25) is 19.2 Å². The van der Waals surface area contributed by atoms with Gasteiger partial charge in [0.15, 0.2) is 0 Å². The highest BCUT2D eigenvalue weighted by molar-refractivity contribution is 7.88. The first-order chi connectivity index (χ1) is 26.4. The number of carbonyl (C=O) groups is 3. The Bertz CT molecular complexity index is 2690. The zero-order valence-corrected chi connectivity index (χ0v) is 31.4. The summed E-state index contributed by atoms with van der Waals surface area (Å²) in [5, 5.41) is 2.20. The molecule has 0 radical (unpaired) electrons.